The van der Waals surface area contributed by atoms with Crippen LogP contribution in [0, 0.1) is 13.8 Å². The van der Waals surface area contributed by atoms with Crippen LogP contribution < -0.4 is 10.2 Å². The Kier molecular flexibility index (Phi) is 3.91. The van der Waals surface area contributed by atoms with Crippen LogP contribution in [-0.4, -0.2) is 49.4 Å². The monoisotopic (exact) mass is 236 g/mol. The molecule has 0 aromatic carbocycles. The van der Waals surface area contributed by atoms with Gasteiger partial charge in [-0.1, -0.05) is 0 Å². The molecular weight excluding hydrogens is 216 g/mol. The molecular formula is C12H20N4O. The van der Waals surface area contributed by atoms with Crippen molar-refractivity contribution in [3.05, 3.63) is 17.6 Å². The van der Waals surface area contributed by atoms with E-state index in [1.54, 1.807) is 0 Å². The summed E-state index contributed by atoms with van der Waals surface area (Å²) in [6, 6.07) is 0.338. The topological polar surface area (TPSA) is 50.3 Å². The number of hydrogen-bond acceptors (Lipinski definition) is 5. The largest absolute Gasteiger partial charge is 0.377 e. The molecule has 2 heterocycles. The Morgan fingerprint density at radius 2 is 2.29 bits per heavy atom. The van der Waals surface area contributed by atoms with Crippen LogP contribution in [0.4, 0.5) is 5.82 Å². The van der Waals surface area contributed by atoms with Crippen LogP contribution in [0.3, 0.4) is 0 Å². The number of aryl methyl sites for hydroxylation is 2. The molecule has 1 aliphatic heterocycles. The maximum atomic E-state index is 5.51. The molecule has 17 heavy (non-hydrogen) atoms. The molecule has 94 valence electrons. The number of hydrogen-bond donors (Lipinski definition) is 1. The molecule has 2 rings (SSSR count). The van der Waals surface area contributed by atoms with E-state index in [1.165, 1.54) is 0 Å². The van der Waals surface area contributed by atoms with Gasteiger partial charge in [0, 0.05) is 13.1 Å². The van der Waals surface area contributed by atoms with Gasteiger partial charge in [0.05, 0.1) is 36.8 Å². The molecule has 5 nitrogen and oxygen atoms in total. The second-order valence-corrected chi connectivity index (χ2v) is 4.38. The van der Waals surface area contributed by atoms with E-state index in [1.807, 2.05) is 27.1 Å². The highest BCUT2D eigenvalue weighted by Gasteiger charge is 2.23. The summed E-state index contributed by atoms with van der Waals surface area (Å²) in [5.41, 5.74) is 1.99. The highest BCUT2D eigenvalue weighted by Crippen LogP contribution is 2.17. The number of aromatic nitrogens is 2. The molecule has 1 fully saturated rings. The smallest absolute Gasteiger partial charge is 0.147 e. The van der Waals surface area contributed by atoms with Crippen LogP contribution in [0.15, 0.2) is 6.20 Å². The minimum absolute atomic E-state index is 0.338. The lowest BCUT2D eigenvalue weighted by molar-refractivity contribution is 0.0938. The first-order valence-corrected chi connectivity index (χ1v) is 6.01. The Labute approximate surface area is 102 Å². The van der Waals surface area contributed by atoms with Crippen LogP contribution in [0.2, 0.25) is 0 Å². The highest BCUT2D eigenvalue weighted by atomic mass is 16.5. The van der Waals surface area contributed by atoms with Gasteiger partial charge < -0.3 is 15.0 Å². The lowest BCUT2D eigenvalue weighted by Crippen LogP contribution is -2.50. The summed E-state index contributed by atoms with van der Waals surface area (Å²) in [5.74, 6) is 0.955. The van der Waals surface area contributed by atoms with Gasteiger partial charge in [0.2, 0.25) is 0 Å². The van der Waals surface area contributed by atoms with E-state index in [2.05, 4.69) is 20.2 Å². The lowest BCUT2D eigenvalue weighted by Gasteiger charge is -2.36. The van der Waals surface area contributed by atoms with Gasteiger partial charge in [0.1, 0.15) is 5.82 Å². The minimum Gasteiger partial charge on any atom is -0.377 e. The van der Waals surface area contributed by atoms with E-state index in [4.69, 9.17) is 4.74 Å². The molecule has 0 aliphatic carbocycles. The van der Waals surface area contributed by atoms with Gasteiger partial charge in [-0.2, -0.15) is 0 Å². The Morgan fingerprint density at radius 1 is 1.47 bits per heavy atom. The number of ether oxygens (including phenoxy) is 1. The Hall–Kier alpha value is -1.20. The van der Waals surface area contributed by atoms with Gasteiger partial charge in [0.15, 0.2) is 0 Å². The van der Waals surface area contributed by atoms with Gasteiger partial charge >= 0.3 is 0 Å². The highest BCUT2D eigenvalue weighted by molar-refractivity contribution is 5.39. The lowest BCUT2D eigenvalue weighted by atomic mass is 10.2. The van der Waals surface area contributed by atoms with E-state index in [9.17, 15) is 0 Å². The zero-order valence-corrected chi connectivity index (χ0v) is 10.7. The summed E-state index contributed by atoms with van der Waals surface area (Å²) >= 11 is 0. The average molecular weight is 236 g/mol. The maximum Gasteiger partial charge on any atom is 0.147 e. The van der Waals surface area contributed by atoms with Crippen molar-refractivity contribution in [3.63, 3.8) is 0 Å². The first kappa shape index (κ1) is 12.3. The predicted octanol–water partition coefficient (Wildman–Crippen LogP) is 0.518. The number of rotatable bonds is 3. The molecule has 0 spiro atoms. The van der Waals surface area contributed by atoms with E-state index >= 15 is 0 Å². The minimum atomic E-state index is 0.338. The number of morpholine rings is 1. The molecule has 1 saturated heterocycles. The molecule has 0 bridgehead atoms. The summed E-state index contributed by atoms with van der Waals surface area (Å²) < 4.78 is 5.51. The third kappa shape index (κ3) is 2.73. The second kappa shape index (κ2) is 5.42. The Morgan fingerprint density at radius 3 is 3.00 bits per heavy atom. The molecule has 0 radical (unpaired) electrons. The van der Waals surface area contributed by atoms with Crippen molar-refractivity contribution in [2.24, 2.45) is 0 Å². The normalized spacial score (nSPS) is 20.6. The molecule has 0 saturated carbocycles. The van der Waals surface area contributed by atoms with Gasteiger partial charge in [-0.05, 0) is 20.9 Å². The average Bonchev–Trinajstić information content (AvgIpc) is 2.34. The van der Waals surface area contributed by atoms with Gasteiger partial charge in [-0.15, -0.1) is 0 Å². The molecule has 1 N–H and O–H groups in total. The first-order valence-electron chi connectivity index (χ1n) is 6.01. The van der Waals surface area contributed by atoms with Crippen molar-refractivity contribution in [2.45, 2.75) is 19.9 Å². The van der Waals surface area contributed by atoms with Crippen molar-refractivity contribution in [1.82, 2.24) is 15.3 Å². The summed E-state index contributed by atoms with van der Waals surface area (Å²) in [5, 5.41) is 3.19. The first-order chi connectivity index (χ1) is 8.22. The summed E-state index contributed by atoms with van der Waals surface area (Å²) in [6.07, 6.45) is 1.86. The van der Waals surface area contributed by atoms with Gasteiger partial charge in [-0.3, -0.25) is 4.98 Å². The van der Waals surface area contributed by atoms with E-state index in [0.29, 0.717) is 6.04 Å². The van der Waals surface area contributed by atoms with Crippen molar-refractivity contribution < 1.29 is 4.74 Å². The Bertz CT molecular complexity index is 381. The molecule has 5 heteroatoms. The standard InChI is InChI=1S/C12H20N4O/c1-9-10(2)15-12(7-14-9)16-4-5-17-8-11(16)6-13-3/h7,11,13H,4-6,8H2,1-3H3. The summed E-state index contributed by atoms with van der Waals surface area (Å²) in [7, 11) is 1.96. The van der Waals surface area contributed by atoms with Gasteiger partial charge in [0.25, 0.3) is 0 Å². The van der Waals surface area contributed by atoms with Crippen LogP contribution in [0.1, 0.15) is 11.4 Å². The van der Waals surface area contributed by atoms with Crippen molar-refractivity contribution in [3.8, 4) is 0 Å². The van der Waals surface area contributed by atoms with Gasteiger partial charge in [-0.25, -0.2) is 4.98 Å². The zero-order valence-electron chi connectivity index (χ0n) is 10.7. The fourth-order valence-electron chi connectivity index (χ4n) is 2.03. The maximum absolute atomic E-state index is 5.51. The number of nitrogens with one attached hydrogen (secondary N) is 1. The summed E-state index contributed by atoms with van der Waals surface area (Å²) in [6.45, 7) is 7.26. The third-order valence-electron chi connectivity index (χ3n) is 3.14. The predicted molar refractivity (Wildman–Crippen MR) is 67.4 cm³/mol. The quantitative estimate of drug-likeness (QED) is 0.829. The van der Waals surface area contributed by atoms with E-state index in [-0.39, 0.29) is 0 Å². The molecule has 1 atom stereocenters. The van der Waals surface area contributed by atoms with Crippen molar-refractivity contribution in [2.75, 3.05) is 38.3 Å². The van der Waals surface area contributed by atoms with Crippen LogP contribution in [0.5, 0.6) is 0 Å². The number of anilines is 1. The summed E-state index contributed by atoms with van der Waals surface area (Å²) in [4.78, 5) is 11.3. The molecule has 0 amide bonds. The number of nitrogens with zero attached hydrogens (tertiary/aromatic N) is 3. The molecule has 1 aliphatic rings. The zero-order chi connectivity index (χ0) is 12.3. The molecule has 1 aromatic rings. The SMILES string of the molecule is CNCC1COCCN1c1cnc(C)c(C)n1. The Balaban J connectivity index is 2.20. The molecule has 1 unspecified atom stereocenters. The van der Waals surface area contributed by atoms with Crippen LogP contribution >= 0.6 is 0 Å². The van der Waals surface area contributed by atoms with Crippen LogP contribution in [0.25, 0.3) is 0 Å². The second-order valence-electron chi connectivity index (χ2n) is 4.38. The fourth-order valence-corrected chi connectivity index (χ4v) is 2.03. The van der Waals surface area contributed by atoms with Crippen LogP contribution in [-0.2, 0) is 4.74 Å². The third-order valence-corrected chi connectivity index (χ3v) is 3.14. The number of likely N-dealkylation sites (N-methyl/N-ethyl adjacent to an activating group) is 1. The molecule has 1 aromatic heterocycles. The fraction of sp³-hybridized carbons (Fsp3) is 0.667. The van der Waals surface area contributed by atoms with E-state index < -0.39 is 0 Å². The van der Waals surface area contributed by atoms with E-state index in [0.717, 1.165) is 43.5 Å². The van der Waals surface area contributed by atoms with Crippen molar-refractivity contribution in [1.29, 1.82) is 0 Å². The van der Waals surface area contributed by atoms with Crippen molar-refractivity contribution >= 4 is 5.82 Å².